The van der Waals surface area contributed by atoms with Crippen molar-refractivity contribution in [2.24, 2.45) is 0 Å². The third-order valence-electron chi connectivity index (χ3n) is 2.35. The largest absolute Gasteiger partial charge is 0.463 e. The molecule has 0 spiro atoms. The number of hydrogen-bond donors (Lipinski definition) is 0. The number of ether oxygens (including phenoxy) is 4. The predicted molar refractivity (Wildman–Crippen MR) is 85.0 cm³/mol. The Morgan fingerprint density at radius 1 is 0.571 bits per heavy atom. The van der Waals surface area contributed by atoms with Gasteiger partial charge in [-0.25, -0.2) is 0 Å². The Kier molecular flexibility index (Phi) is 13.3. The monoisotopic (exact) mass is 296 g/mol. The minimum atomic E-state index is -0.290. The molecule has 0 heterocycles. The van der Waals surface area contributed by atoms with Gasteiger partial charge in [0.15, 0.2) is 0 Å². The second-order valence-corrected chi connectivity index (χ2v) is 4.21. The van der Waals surface area contributed by atoms with Gasteiger partial charge in [0.25, 0.3) is 0 Å². The van der Waals surface area contributed by atoms with Crippen molar-refractivity contribution in [3.05, 3.63) is 49.4 Å². The quantitative estimate of drug-likeness (QED) is 0.375. The summed E-state index contributed by atoms with van der Waals surface area (Å²) in [5.74, 6) is 0. The van der Waals surface area contributed by atoms with E-state index in [9.17, 15) is 0 Å². The lowest BCUT2D eigenvalue weighted by Gasteiger charge is -2.19. The van der Waals surface area contributed by atoms with E-state index in [4.69, 9.17) is 18.9 Å². The van der Waals surface area contributed by atoms with Crippen LogP contribution >= 0.6 is 0 Å². The van der Waals surface area contributed by atoms with E-state index in [0.29, 0.717) is 0 Å². The second kappa shape index (κ2) is 14.6. The molecule has 0 bridgehead atoms. The van der Waals surface area contributed by atoms with Crippen LogP contribution in [0, 0.1) is 0 Å². The fourth-order valence-electron chi connectivity index (χ4n) is 1.45. The fourth-order valence-corrected chi connectivity index (χ4v) is 1.45. The maximum absolute atomic E-state index is 5.47. The average Bonchev–Trinajstić information content (AvgIpc) is 2.51. The number of rotatable bonds is 12. The van der Waals surface area contributed by atoms with Gasteiger partial charge in [0.2, 0.25) is 12.6 Å². The van der Waals surface area contributed by atoms with E-state index in [-0.39, 0.29) is 12.6 Å². The van der Waals surface area contributed by atoms with Crippen molar-refractivity contribution in [3.63, 3.8) is 0 Å². The molecule has 0 aliphatic carbocycles. The summed E-state index contributed by atoms with van der Waals surface area (Å²) in [7, 11) is 0. The summed E-state index contributed by atoms with van der Waals surface area (Å²) in [6.07, 6.45) is 15.7. The van der Waals surface area contributed by atoms with Gasteiger partial charge in [-0.15, -0.1) is 0 Å². The van der Waals surface area contributed by atoms with Crippen LogP contribution in [0.5, 0.6) is 0 Å². The highest BCUT2D eigenvalue weighted by Gasteiger charge is 2.12. The first-order chi connectivity index (χ1) is 10.3. The van der Waals surface area contributed by atoms with Crippen LogP contribution in [-0.2, 0) is 18.9 Å². The average molecular weight is 296 g/mol. The normalized spacial score (nSPS) is 15.0. The molecule has 0 aliphatic heterocycles. The molecule has 0 rings (SSSR count). The molecule has 0 atom stereocenters. The van der Waals surface area contributed by atoms with E-state index >= 15 is 0 Å². The van der Waals surface area contributed by atoms with Crippen LogP contribution in [0.2, 0.25) is 0 Å². The maximum Gasteiger partial charge on any atom is 0.239 e. The minimum absolute atomic E-state index is 0.290. The first kappa shape index (κ1) is 19.2. The van der Waals surface area contributed by atoms with E-state index < -0.39 is 0 Å². The van der Waals surface area contributed by atoms with Gasteiger partial charge in [0, 0.05) is 12.8 Å². The van der Waals surface area contributed by atoms with Gasteiger partial charge in [-0.3, -0.25) is 0 Å². The van der Waals surface area contributed by atoms with Crippen molar-refractivity contribution in [3.8, 4) is 0 Å². The molecule has 0 radical (unpaired) electrons. The standard InChI is InChI=1S/C17H28O4/c1-5-12-18-16(19-13-6-2)10-9-11-17(20-14-7-3)21-15-8-4/h5-8,12-17H,9-11H2,1-4H3. The minimum Gasteiger partial charge on any atom is -0.463 e. The lowest BCUT2D eigenvalue weighted by Crippen LogP contribution is -2.15. The summed E-state index contributed by atoms with van der Waals surface area (Å²) < 4.78 is 21.9. The summed E-state index contributed by atoms with van der Waals surface area (Å²) in [6, 6.07) is 0. The molecule has 0 aromatic heterocycles. The third kappa shape index (κ3) is 11.7. The van der Waals surface area contributed by atoms with Crippen molar-refractivity contribution >= 4 is 0 Å². The summed E-state index contributed by atoms with van der Waals surface area (Å²) >= 11 is 0. The molecule has 0 amide bonds. The van der Waals surface area contributed by atoms with Crippen LogP contribution in [0.25, 0.3) is 0 Å². The van der Waals surface area contributed by atoms with Crippen LogP contribution in [0.3, 0.4) is 0 Å². The lowest BCUT2D eigenvalue weighted by atomic mass is 10.2. The molecule has 0 N–H and O–H groups in total. The Morgan fingerprint density at radius 2 is 0.857 bits per heavy atom. The molecule has 0 saturated carbocycles. The van der Waals surface area contributed by atoms with E-state index in [1.54, 1.807) is 25.0 Å². The maximum atomic E-state index is 5.47. The Morgan fingerprint density at radius 3 is 1.10 bits per heavy atom. The fraction of sp³-hybridized carbons (Fsp3) is 0.529. The van der Waals surface area contributed by atoms with Crippen LogP contribution in [0.1, 0.15) is 47.0 Å². The molecule has 0 aromatic rings. The molecule has 0 aromatic carbocycles. The predicted octanol–water partition coefficient (Wildman–Crippen LogP) is 5.01. The van der Waals surface area contributed by atoms with E-state index in [1.165, 1.54) is 0 Å². The topological polar surface area (TPSA) is 36.9 Å². The van der Waals surface area contributed by atoms with Crippen molar-refractivity contribution in [1.82, 2.24) is 0 Å². The molecule has 0 saturated heterocycles. The summed E-state index contributed by atoms with van der Waals surface area (Å²) in [5, 5.41) is 0. The van der Waals surface area contributed by atoms with Crippen LogP contribution in [-0.4, -0.2) is 12.6 Å². The van der Waals surface area contributed by atoms with Gasteiger partial charge in [0.05, 0.1) is 25.0 Å². The van der Waals surface area contributed by atoms with Crippen molar-refractivity contribution in [2.75, 3.05) is 0 Å². The highest BCUT2D eigenvalue weighted by molar-refractivity contribution is 4.72. The first-order valence-corrected chi connectivity index (χ1v) is 7.34. The molecule has 0 fully saturated rings. The van der Waals surface area contributed by atoms with Gasteiger partial charge in [0.1, 0.15) is 0 Å². The highest BCUT2D eigenvalue weighted by atomic mass is 16.7. The van der Waals surface area contributed by atoms with E-state index in [0.717, 1.165) is 19.3 Å². The third-order valence-corrected chi connectivity index (χ3v) is 2.35. The van der Waals surface area contributed by atoms with Crippen molar-refractivity contribution in [1.29, 1.82) is 0 Å². The van der Waals surface area contributed by atoms with E-state index in [2.05, 4.69) is 0 Å². The molecule has 4 heteroatoms. The van der Waals surface area contributed by atoms with Crippen molar-refractivity contribution in [2.45, 2.75) is 59.5 Å². The molecular weight excluding hydrogens is 268 g/mol. The molecule has 0 aliphatic rings. The number of hydrogen-bond acceptors (Lipinski definition) is 4. The second-order valence-electron chi connectivity index (χ2n) is 4.21. The Labute approximate surface area is 128 Å². The first-order valence-electron chi connectivity index (χ1n) is 7.34. The summed E-state index contributed by atoms with van der Waals surface area (Å²) in [6.45, 7) is 7.61. The highest BCUT2D eigenvalue weighted by Crippen LogP contribution is 2.13. The van der Waals surface area contributed by atoms with Crippen molar-refractivity contribution < 1.29 is 18.9 Å². The summed E-state index contributed by atoms with van der Waals surface area (Å²) in [5.41, 5.74) is 0. The molecule has 4 nitrogen and oxygen atoms in total. The van der Waals surface area contributed by atoms with E-state index in [1.807, 2.05) is 52.0 Å². The lowest BCUT2D eigenvalue weighted by molar-refractivity contribution is -0.0858. The number of allylic oxidation sites excluding steroid dienone is 4. The van der Waals surface area contributed by atoms with Crippen LogP contribution in [0.4, 0.5) is 0 Å². The molecule has 120 valence electrons. The zero-order chi connectivity index (χ0) is 15.8. The SMILES string of the molecule is CC=COC(CCCC(OC=CC)OC=CC)OC=CC. The van der Waals surface area contributed by atoms with Gasteiger partial charge >= 0.3 is 0 Å². The smallest absolute Gasteiger partial charge is 0.239 e. The Balaban J connectivity index is 4.20. The Bertz CT molecular complexity index is 272. The van der Waals surface area contributed by atoms with Crippen LogP contribution < -0.4 is 0 Å². The Hall–Kier alpha value is -1.84. The van der Waals surface area contributed by atoms with Crippen LogP contribution in [0.15, 0.2) is 49.4 Å². The van der Waals surface area contributed by atoms with Gasteiger partial charge in [-0.1, -0.05) is 24.3 Å². The zero-order valence-corrected chi connectivity index (χ0v) is 13.5. The summed E-state index contributed by atoms with van der Waals surface area (Å²) in [4.78, 5) is 0. The molecule has 21 heavy (non-hydrogen) atoms. The van der Waals surface area contributed by atoms with Gasteiger partial charge < -0.3 is 18.9 Å². The molecular formula is C17H28O4. The zero-order valence-electron chi connectivity index (χ0n) is 13.5. The molecule has 0 unspecified atom stereocenters. The van der Waals surface area contributed by atoms with Gasteiger partial charge in [-0.2, -0.15) is 0 Å². The van der Waals surface area contributed by atoms with Gasteiger partial charge in [-0.05, 0) is 34.1 Å².